The van der Waals surface area contributed by atoms with E-state index in [0.717, 1.165) is 10.5 Å². The molecular formula is C19H17Cl2N3O3. The molecule has 1 heterocycles. The number of halogens is 2. The Labute approximate surface area is 166 Å². The van der Waals surface area contributed by atoms with Crippen molar-refractivity contribution in [3.05, 3.63) is 63.6 Å². The first-order valence-corrected chi connectivity index (χ1v) is 8.93. The van der Waals surface area contributed by atoms with Crippen LogP contribution in [0.15, 0.2) is 42.5 Å². The Bertz CT molecular complexity index is 948. The molecule has 8 heteroatoms. The van der Waals surface area contributed by atoms with E-state index >= 15 is 0 Å². The summed E-state index contributed by atoms with van der Waals surface area (Å²) in [6, 6.07) is 11.2. The minimum absolute atomic E-state index is 0.255. The number of nitrogens with one attached hydrogen (secondary N) is 2. The molecule has 0 spiro atoms. The number of anilines is 1. The minimum Gasteiger partial charge on any atom is -0.324 e. The maximum absolute atomic E-state index is 12.9. The van der Waals surface area contributed by atoms with Gasteiger partial charge in [0.1, 0.15) is 12.1 Å². The van der Waals surface area contributed by atoms with E-state index < -0.39 is 29.9 Å². The Morgan fingerprint density at radius 1 is 1.19 bits per heavy atom. The molecule has 1 aliphatic heterocycles. The van der Waals surface area contributed by atoms with Crippen LogP contribution < -0.4 is 10.6 Å². The molecule has 4 amide bonds. The summed E-state index contributed by atoms with van der Waals surface area (Å²) < 4.78 is 0. The lowest BCUT2D eigenvalue weighted by atomic mass is 9.92. The van der Waals surface area contributed by atoms with Gasteiger partial charge in [-0.15, -0.1) is 0 Å². The van der Waals surface area contributed by atoms with Gasteiger partial charge in [-0.2, -0.15) is 0 Å². The summed E-state index contributed by atoms with van der Waals surface area (Å²) in [5.41, 5.74) is 0.537. The highest BCUT2D eigenvalue weighted by Gasteiger charge is 2.50. The number of hydrogen-bond donors (Lipinski definition) is 2. The lowest BCUT2D eigenvalue weighted by molar-refractivity contribution is -0.133. The fourth-order valence-electron chi connectivity index (χ4n) is 2.96. The molecule has 140 valence electrons. The molecule has 0 aliphatic carbocycles. The smallest absolute Gasteiger partial charge is 0.324 e. The van der Waals surface area contributed by atoms with Gasteiger partial charge in [-0.05, 0) is 37.6 Å². The van der Waals surface area contributed by atoms with Gasteiger partial charge in [-0.25, -0.2) is 4.79 Å². The summed E-state index contributed by atoms with van der Waals surface area (Å²) in [6.07, 6.45) is 0. The molecule has 2 aromatic rings. The number of hydrogen-bond acceptors (Lipinski definition) is 3. The van der Waals surface area contributed by atoms with E-state index in [1.165, 1.54) is 6.07 Å². The van der Waals surface area contributed by atoms with Crippen LogP contribution in [0.3, 0.4) is 0 Å². The molecule has 6 nitrogen and oxygen atoms in total. The molecule has 1 atom stereocenters. The zero-order valence-electron chi connectivity index (χ0n) is 14.7. The van der Waals surface area contributed by atoms with Gasteiger partial charge >= 0.3 is 6.03 Å². The van der Waals surface area contributed by atoms with E-state index in [-0.39, 0.29) is 5.02 Å². The zero-order valence-corrected chi connectivity index (χ0v) is 16.2. The van der Waals surface area contributed by atoms with Crippen LogP contribution in [0.5, 0.6) is 0 Å². The predicted molar refractivity (Wildman–Crippen MR) is 104 cm³/mol. The summed E-state index contributed by atoms with van der Waals surface area (Å²) >= 11 is 12.1. The van der Waals surface area contributed by atoms with Gasteiger partial charge in [-0.1, -0.05) is 47.5 Å². The maximum Gasteiger partial charge on any atom is 0.325 e. The first-order chi connectivity index (χ1) is 12.7. The lowest BCUT2D eigenvalue weighted by Gasteiger charge is -2.23. The molecule has 27 heavy (non-hydrogen) atoms. The highest BCUT2D eigenvalue weighted by atomic mass is 35.5. The van der Waals surface area contributed by atoms with Crippen LogP contribution in [0.2, 0.25) is 10.0 Å². The number of carbonyl (C=O) groups is 3. The summed E-state index contributed by atoms with van der Waals surface area (Å²) in [5, 5.41) is 5.99. The van der Waals surface area contributed by atoms with E-state index in [2.05, 4.69) is 10.6 Å². The molecule has 0 radical (unpaired) electrons. The average molecular weight is 406 g/mol. The zero-order chi connectivity index (χ0) is 19.8. The molecule has 1 saturated heterocycles. The van der Waals surface area contributed by atoms with Gasteiger partial charge < -0.3 is 10.6 Å². The molecule has 2 aromatic carbocycles. The predicted octanol–water partition coefficient (Wildman–Crippen LogP) is 3.71. The van der Waals surface area contributed by atoms with Gasteiger partial charge in [0, 0.05) is 21.3 Å². The summed E-state index contributed by atoms with van der Waals surface area (Å²) in [4.78, 5) is 38.5. The Hall–Kier alpha value is -2.57. The quantitative estimate of drug-likeness (QED) is 0.760. The Kier molecular flexibility index (Phi) is 5.13. The highest BCUT2D eigenvalue weighted by molar-refractivity contribution is 6.35. The second kappa shape index (κ2) is 7.21. The lowest BCUT2D eigenvalue weighted by Crippen LogP contribution is -2.42. The Balaban J connectivity index is 1.80. The van der Waals surface area contributed by atoms with Gasteiger partial charge in [0.15, 0.2) is 0 Å². The van der Waals surface area contributed by atoms with Crippen molar-refractivity contribution >= 4 is 46.7 Å². The number of benzene rings is 2. The number of imide groups is 1. The fourth-order valence-corrected chi connectivity index (χ4v) is 3.56. The SMILES string of the molecule is Cc1ccccc1NC(=O)CN1C(=O)N[C@@](C)(c2ccc(Cl)cc2Cl)C1=O. The van der Waals surface area contributed by atoms with Crippen LogP contribution in [0.25, 0.3) is 0 Å². The monoisotopic (exact) mass is 405 g/mol. The number of rotatable bonds is 4. The third-order valence-corrected chi connectivity index (χ3v) is 5.01. The molecule has 3 rings (SSSR count). The van der Waals surface area contributed by atoms with Crippen LogP contribution in [-0.4, -0.2) is 29.3 Å². The van der Waals surface area contributed by atoms with Gasteiger partial charge in [0.05, 0.1) is 0 Å². The Morgan fingerprint density at radius 2 is 1.89 bits per heavy atom. The number of nitrogens with zero attached hydrogens (tertiary/aromatic N) is 1. The van der Waals surface area contributed by atoms with Crippen LogP contribution in [0, 0.1) is 6.92 Å². The fraction of sp³-hybridized carbons (Fsp3) is 0.211. The molecule has 0 saturated carbocycles. The third-order valence-electron chi connectivity index (χ3n) is 4.47. The molecule has 0 unspecified atom stereocenters. The second-order valence-corrected chi connectivity index (χ2v) is 7.28. The molecule has 2 N–H and O–H groups in total. The molecule has 1 fully saturated rings. The topological polar surface area (TPSA) is 78.5 Å². The van der Waals surface area contributed by atoms with E-state index in [0.29, 0.717) is 16.3 Å². The molecule has 0 bridgehead atoms. The molecule has 1 aliphatic rings. The van der Waals surface area contributed by atoms with Crippen molar-refractivity contribution in [1.29, 1.82) is 0 Å². The van der Waals surface area contributed by atoms with Crippen molar-refractivity contribution in [2.45, 2.75) is 19.4 Å². The largest absolute Gasteiger partial charge is 0.325 e. The summed E-state index contributed by atoms with van der Waals surface area (Å²) in [7, 11) is 0. The van der Waals surface area contributed by atoms with Crippen molar-refractivity contribution in [3.63, 3.8) is 0 Å². The average Bonchev–Trinajstić information content (AvgIpc) is 2.81. The van der Waals surface area contributed by atoms with E-state index in [1.807, 2.05) is 19.1 Å². The van der Waals surface area contributed by atoms with E-state index in [4.69, 9.17) is 23.2 Å². The second-order valence-electron chi connectivity index (χ2n) is 6.43. The number of amides is 4. The van der Waals surface area contributed by atoms with Crippen LogP contribution in [0.1, 0.15) is 18.1 Å². The van der Waals surface area contributed by atoms with Gasteiger partial charge in [-0.3, -0.25) is 14.5 Å². The number of aryl methyl sites for hydroxylation is 1. The Morgan fingerprint density at radius 3 is 2.56 bits per heavy atom. The normalized spacial score (nSPS) is 19.2. The standard InChI is InChI=1S/C19H17Cl2N3O3/c1-11-5-3-4-6-15(11)22-16(25)10-24-17(26)19(2,23-18(24)27)13-8-7-12(20)9-14(13)21/h3-9H,10H2,1-2H3,(H,22,25)(H,23,27)/t19-/m0/s1. The molecular weight excluding hydrogens is 389 g/mol. The van der Waals surface area contributed by atoms with Gasteiger partial charge in [0.2, 0.25) is 5.91 Å². The third kappa shape index (κ3) is 3.63. The maximum atomic E-state index is 12.9. The van der Waals surface area contributed by atoms with Gasteiger partial charge in [0.25, 0.3) is 5.91 Å². The highest BCUT2D eigenvalue weighted by Crippen LogP contribution is 2.34. The number of urea groups is 1. The van der Waals surface area contributed by atoms with E-state index in [1.54, 1.807) is 31.2 Å². The first-order valence-electron chi connectivity index (χ1n) is 8.17. The summed E-state index contributed by atoms with van der Waals surface area (Å²) in [6.45, 7) is 2.99. The van der Waals surface area contributed by atoms with Crippen molar-refractivity contribution in [3.8, 4) is 0 Å². The number of para-hydroxylation sites is 1. The van der Waals surface area contributed by atoms with Crippen molar-refractivity contribution in [2.24, 2.45) is 0 Å². The van der Waals surface area contributed by atoms with Crippen LogP contribution >= 0.6 is 23.2 Å². The van der Waals surface area contributed by atoms with Crippen LogP contribution in [-0.2, 0) is 15.1 Å². The minimum atomic E-state index is -1.37. The van der Waals surface area contributed by atoms with Crippen molar-refractivity contribution < 1.29 is 14.4 Å². The van der Waals surface area contributed by atoms with Crippen molar-refractivity contribution in [1.82, 2.24) is 10.2 Å². The molecule has 0 aromatic heterocycles. The first kappa shape index (κ1) is 19.2. The summed E-state index contributed by atoms with van der Waals surface area (Å²) in [5.74, 6) is -1.03. The van der Waals surface area contributed by atoms with Crippen LogP contribution in [0.4, 0.5) is 10.5 Å². The van der Waals surface area contributed by atoms with Crippen molar-refractivity contribution in [2.75, 3.05) is 11.9 Å². The van der Waals surface area contributed by atoms with E-state index in [9.17, 15) is 14.4 Å². The number of carbonyl (C=O) groups excluding carboxylic acids is 3.